The van der Waals surface area contributed by atoms with Crippen LogP contribution in [0.15, 0.2) is 64.2 Å². The third kappa shape index (κ3) is 4.17. The lowest BCUT2D eigenvalue weighted by molar-refractivity contribution is -0.116. The number of hydrogen-bond donors (Lipinski definition) is 1. The summed E-state index contributed by atoms with van der Waals surface area (Å²) in [6, 6.07) is 9.51. The molecule has 1 amide bonds. The van der Waals surface area contributed by atoms with Gasteiger partial charge in [-0.1, -0.05) is 12.1 Å². The molecule has 0 aliphatic heterocycles. The molecule has 8 nitrogen and oxygen atoms in total. The maximum atomic E-state index is 12.3. The zero-order valence-corrected chi connectivity index (χ0v) is 15.3. The molecule has 1 N–H and O–H groups in total. The summed E-state index contributed by atoms with van der Waals surface area (Å²) in [4.78, 5) is 16.3. The highest BCUT2D eigenvalue weighted by molar-refractivity contribution is 5.90. The van der Waals surface area contributed by atoms with Crippen LogP contribution in [0.1, 0.15) is 23.6 Å². The SMILES string of the molecule is Cc1occc1-c1nnc(CCC(=O)Nc2cccc(Cn3ccnc3)c2)o1. The van der Waals surface area contributed by atoms with E-state index in [-0.39, 0.29) is 12.3 Å². The largest absolute Gasteiger partial charge is 0.469 e. The van der Waals surface area contributed by atoms with E-state index in [4.69, 9.17) is 8.83 Å². The Hall–Kier alpha value is -3.68. The molecule has 0 saturated carbocycles. The van der Waals surface area contributed by atoms with Crippen molar-refractivity contribution in [1.82, 2.24) is 19.7 Å². The van der Waals surface area contributed by atoms with Gasteiger partial charge < -0.3 is 18.7 Å². The number of furan rings is 1. The van der Waals surface area contributed by atoms with Crippen LogP contribution in [0, 0.1) is 6.92 Å². The number of nitrogens with zero attached hydrogens (tertiary/aromatic N) is 4. The fourth-order valence-electron chi connectivity index (χ4n) is 2.85. The van der Waals surface area contributed by atoms with E-state index < -0.39 is 0 Å². The number of benzene rings is 1. The topological polar surface area (TPSA) is 99.0 Å². The fraction of sp³-hybridized carbons (Fsp3) is 0.200. The summed E-state index contributed by atoms with van der Waals surface area (Å²) in [5.74, 6) is 1.41. The van der Waals surface area contributed by atoms with Crippen molar-refractivity contribution in [3.63, 3.8) is 0 Å². The molecule has 0 atom stereocenters. The average Bonchev–Trinajstić information content (AvgIpc) is 3.42. The molecule has 3 aromatic heterocycles. The Labute approximate surface area is 161 Å². The van der Waals surface area contributed by atoms with Crippen molar-refractivity contribution < 1.29 is 13.6 Å². The zero-order valence-electron chi connectivity index (χ0n) is 15.3. The highest BCUT2D eigenvalue weighted by Crippen LogP contribution is 2.23. The van der Waals surface area contributed by atoms with Crippen molar-refractivity contribution in [2.24, 2.45) is 0 Å². The lowest BCUT2D eigenvalue weighted by atomic mass is 10.2. The molecule has 4 rings (SSSR count). The molecule has 0 aliphatic carbocycles. The second-order valence-electron chi connectivity index (χ2n) is 6.37. The van der Waals surface area contributed by atoms with Gasteiger partial charge in [0, 0.05) is 37.5 Å². The number of amides is 1. The number of aryl methyl sites for hydroxylation is 2. The summed E-state index contributed by atoms with van der Waals surface area (Å²) in [5.41, 5.74) is 2.59. The Morgan fingerprint density at radius 3 is 2.96 bits per heavy atom. The number of nitrogens with one attached hydrogen (secondary N) is 1. The first-order valence-corrected chi connectivity index (χ1v) is 8.89. The minimum atomic E-state index is -0.112. The minimum Gasteiger partial charge on any atom is -0.469 e. The van der Waals surface area contributed by atoms with Crippen molar-refractivity contribution in [3.05, 3.63) is 72.5 Å². The van der Waals surface area contributed by atoms with Crippen LogP contribution in [0.4, 0.5) is 5.69 Å². The lowest BCUT2D eigenvalue weighted by Crippen LogP contribution is -2.12. The first-order valence-electron chi connectivity index (χ1n) is 8.89. The standard InChI is InChI=1S/C20H19N5O3/c1-14-17(7-10-27-14)20-24-23-19(28-20)6-5-18(26)22-16-4-2-3-15(11-16)12-25-9-8-21-13-25/h2-4,7-11,13H,5-6,12H2,1H3,(H,22,26). The first kappa shape index (κ1) is 17.7. The number of carbonyl (C=O) groups excluding carboxylic acids is 1. The molecular formula is C20H19N5O3. The normalized spacial score (nSPS) is 10.9. The molecule has 0 unspecified atom stereocenters. The first-order chi connectivity index (χ1) is 13.7. The van der Waals surface area contributed by atoms with Crippen LogP contribution in [0.2, 0.25) is 0 Å². The van der Waals surface area contributed by atoms with E-state index in [0.717, 1.165) is 16.8 Å². The summed E-state index contributed by atoms with van der Waals surface area (Å²) in [6.45, 7) is 2.52. The number of rotatable bonds is 7. The Morgan fingerprint density at radius 2 is 2.18 bits per heavy atom. The van der Waals surface area contributed by atoms with Crippen molar-refractivity contribution in [2.75, 3.05) is 5.32 Å². The maximum Gasteiger partial charge on any atom is 0.251 e. The number of aromatic nitrogens is 4. The highest BCUT2D eigenvalue weighted by atomic mass is 16.4. The second-order valence-corrected chi connectivity index (χ2v) is 6.37. The van der Waals surface area contributed by atoms with Gasteiger partial charge in [0.15, 0.2) is 0 Å². The van der Waals surface area contributed by atoms with Crippen LogP contribution < -0.4 is 5.32 Å². The van der Waals surface area contributed by atoms with E-state index in [0.29, 0.717) is 30.5 Å². The van der Waals surface area contributed by atoms with Gasteiger partial charge in [0.2, 0.25) is 11.8 Å². The van der Waals surface area contributed by atoms with Crippen LogP contribution in [0.25, 0.3) is 11.5 Å². The molecule has 4 aromatic rings. The summed E-state index contributed by atoms with van der Waals surface area (Å²) in [7, 11) is 0. The third-order valence-corrected chi connectivity index (χ3v) is 4.26. The molecule has 8 heteroatoms. The molecule has 142 valence electrons. The number of hydrogen-bond acceptors (Lipinski definition) is 6. The third-order valence-electron chi connectivity index (χ3n) is 4.26. The summed E-state index contributed by atoms with van der Waals surface area (Å²) in [5, 5.41) is 10.9. The van der Waals surface area contributed by atoms with E-state index in [1.165, 1.54) is 0 Å². The molecule has 0 spiro atoms. The maximum absolute atomic E-state index is 12.3. The number of anilines is 1. The van der Waals surface area contributed by atoms with Crippen LogP contribution in [0.3, 0.4) is 0 Å². The van der Waals surface area contributed by atoms with Gasteiger partial charge in [-0.05, 0) is 30.7 Å². The molecular weight excluding hydrogens is 358 g/mol. The van der Waals surface area contributed by atoms with E-state index in [9.17, 15) is 4.79 Å². The average molecular weight is 377 g/mol. The predicted molar refractivity (Wildman–Crippen MR) is 101 cm³/mol. The monoisotopic (exact) mass is 377 g/mol. The highest BCUT2D eigenvalue weighted by Gasteiger charge is 2.14. The molecule has 1 aromatic carbocycles. The van der Waals surface area contributed by atoms with Gasteiger partial charge in [-0.15, -0.1) is 10.2 Å². The van der Waals surface area contributed by atoms with Gasteiger partial charge in [0.1, 0.15) is 5.76 Å². The van der Waals surface area contributed by atoms with E-state index >= 15 is 0 Å². The van der Waals surface area contributed by atoms with Crippen molar-refractivity contribution in [3.8, 4) is 11.5 Å². The Bertz CT molecular complexity index is 1070. The van der Waals surface area contributed by atoms with E-state index in [1.54, 1.807) is 24.9 Å². The molecule has 0 fully saturated rings. The summed E-state index contributed by atoms with van der Waals surface area (Å²) < 4.78 is 12.8. The van der Waals surface area contributed by atoms with E-state index in [1.807, 2.05) is 42.0 Å². The van der Waals surface area contributed by atoms with Gasteiger partial charge in [-0.25, -0.2) is 4.98 Å². The quantitative estimate of drug-likeness (QED) is 0.529. The fourth-order valence-corrected chi connectivity index (χ4v) is 2.85. The van der Waals surface area contributed by atoms with E-state index in [2.05, 4.69) is 20.5 Å². The Balaban J connectivity index is 1.32. The molecule has 3 heterocycles. The summed E-state index contributed by atoms with van der Waals surface area (Å²) >= 11 is 0. The second kappa shape index (κ2) is 7.91. The number of imidazole rings is 1. The molecule has 28 heavy (non-hydrogen) atoms. The molecule has 0 radical (unpaired) electrons. The van der Waals surface area contributed by atoms with Gasteiger partial charge in [-0.3, -0.25) is 4.79 Å². The van der Waals surface area contributed by atoms with Gasteiger partial charge in [0.05, 0.1) is 18.2 Å². The Kier molecular flexibility index (Phi) is 5.01. The Morgan fingerprint density at radius 1 is 1.25 bits per heavy atom. The van der Waals surface area contributed by atoms with Crippen LogP contribution in [0.5, 0.6) is 0 Å². The van der Waals surface area contributed by atoms with Gasteiger partial charge >= 0.3 is 0 Å². The smallest absolute Gasteiger partial charge is 0.251 e. The molecule has 0 bridgehead atoms. The summed E-state index contributed by atoms with van der Waals surface area (Å²) in [6.07, 6.45) is 7.58. The van der Waals surface area contributed by atoms with Gasteiger partial charge in [0.25, 0.3) is 5.89 Å². The van der Waals surface area contributed by atoms with Gasteiger partial charge in [-0.2, -0.15) is 0 Å². The number of carbonyl (C=O) groups is 1. The van der Waals surface area contributed by atoms with Crippen LogP contribution in [-0.4, -0.2) is 25.7 Å². The van der Waals surface area contributed by atoms with Crippen molar-refractivity contribution >= 4 is 11.6 Å². The molecule has 0 aliphatic rings. The van der Waals surface area contributed by atoms with Crippen LogP contribution in [-0.2, 0) is 17.8 Å². The molecule has 0 saturated heterocycles. The van der Waals surface area contributed by atoms with Crippen LogP contribution >= 0.6 is 0 Å². The minimum absolute atomic E-state index is 0.112. The predicted octanol–water partition coefficient (Wildman–Crippen LogP) is 3.45. The van der Waals surface area contributed by atoms with Crippen molar-refractivity contribution in [1.29, 1.82) is 0 Å². The zero-order chi connectivity index (χ0) is 19.3. The lowest BCUT2D eigenvalue weighted by Gasteiger charge is -2.07. The van der Waals surface area contributed by atoms with Crippen molar-refractivity contribution in [2.45, 2.75) is 26.3 Å².